The number of carbonyl (C=O) groups is 2. The molecule has 1 amide bonds. The lowest BCUT2D eigenvalue weighted by atomic mass is 10.1. The van der Waals surface area contributed by atoms with Gasteiger partial charge in [0.15, 0.2) is 18.1 Å². The van der Waals surface area contributed by atoms with Crippen molar-refractivity contribution in [2.45, 2.75) is 19.3 Å². The molecule has 0 aliphatic rings. The van der Waals surface area contributed by atoms with Gasteiger partial charge in [-0.15, -0.1) is 13.2 Å². The molecule has 0 aliphatic heterocycles. The summed E-state index contributed by atoms with van der Waals surface area (Å²) >= 11 is 0. The largest absolute Gasteiger partial charge is 0.573 e. The molecule has 0 aromatic heterocycles. The minimum absolute atomic E-state index is 0.101. The number of ether oxygens (including phenoxy) is 4. The Bertz CT molecular complexity index is 885. The predicted octanol–water partition coefficient (Wildman–Crippen LogP) is 3.00. The topological polar surface area (TPSA) is 83.1 Å². The fraction of sp³-hybridized carbons (Fsp3) is 0.300. The van der Waals surface area contributed by atoms with Crippen LogP contribution in [0.5, 0.6) is 17.2 Å². The van der Waals surface area contributed by atoms with Gasteiger partial charge in [0.25, 0.3) is 5.91 Å². The van der Waals surface area contributed by atoms with Crippen LogP contribution in [-0.2, 0) is 27.3 Å². The number of hydrogen-bond donors (Lipinski definition) is 1. The average molecular weight is 427 g/mol. The lowest BCUT2D eigenvalue weighted by molar-refractivity contribution is -0.274. The summed E-state index contributed by atoms with van der Waals surface area (Å²) in [6.07, 6.45) is -4.95. The molecule has 0 saturated heterocycles. The van der Waals surface area contributed by atoms with Gasteiger partial charge in [0.05, 0.1) is 20.6 Å². The molecule has 0 fully saturated rings. The number of amides is 1. The molecule has 0 unspecified atom stereocenters. The van der Waals surface area contributed by atoms with Crippen LogP contribution in [0.4, 0.5) is 13.2 Å². The Hall–Kier alpha value is -3.43. The van der Waals surface area contributed by atoms with Crippen LogP contribution in [0.25, 0.3) is 0 Å². The Balaban J connectivity index is 1.83. The third-order valence-corrected chi connectivity index (χ3v) is 3.83. The van der Waals surface area contributed by atoms with E-state index in [2.05, 4.69) is 10.1 Å². The van der Waals surface area contributed by atoms with Gasteiger partial charge in [0, 0.05) is 12.1 Å². The Morgan fingerprint density at radius 2 is 1.67 bits per heavy atom. The van der Waals surface area contributed by atoms with Crippen LogP contribution in [0, 0.1) is 0 Å². The van der Waals surface area contributed by atoms with Crippen molar-refractivity contribution < 1.29 is 41.7 Å². The quantitative estimate of drug-likeness (QED) is 0.620. The first kappa shape index (κ1) is 22.9. The first-order valence-corrected chi connectivity index (χ1v) is 8.68. The second-order valence-corrected chi connectivity index (χ2v) is 5.96. The molecule has 0 saturated carbocycles. The van der Waals surface area contributed by atoms with E-state index in [9.17, 15) is 22.8 Å². The van der Waals surface area contributed by atoms with Crippen LogP contribution in [0.2, 0.25) is 0 Å². The number of esters is 1. The predicted molar refractivity (Wildman–Crippen MR) is 99.2 cm³/mol. The van der Waals surface area contributed by atoms with Crippen molar-refractivity contribution in [1.82, 2.24) is 5.32 Å². The summed E-state index contributed by atoms with van der Waals surface area (Å²) in [5, 5.41) is 2.38. The zero-order valence-corrected chi connectivity index (χ0v) is 16.2. The summed E-state index contributed by atoms with van der Waals surface area (Å²) in [5.41, 5.74) is 0.719. The number of rotatable bonds is 9. The lowest BCUT2D eigenvalue weighted by Crippen LogP contribution is -2.29. The molecule has 0 heterocycles. The standard InChI is InChI=1S/C20H20F3NO6/c1-27-16-8-7-13(9-17(16)28-2)10-19(26)29-12-18(25)24-11-14-5-3-4-6-15(14)30-20(21,22)23/h3-9H,10-12H2,1-2H3,(H,24,25). The number of methoxy groups -OCH3 is 2. The summed E-state index contributed by atoms with van der Waals surface area (Å²) in [4.78, 5) is 23.8. The molecule has 1 N–H and O–H groups in total. The molecule has 0 bridgehead atoms. The smallest absolute Gasteiger partial charge is 0.493 e. The third-order valence-electron chi connectivity index (χ3n) is 3.83. The highest BCUT2D eigenvalue weighted by Gasteiger charge is 2.32. The zero-order chi connectivity index (χ0) is 22.1. The van der Waals surface area contributed by atoms with E-state index in [-0.39, 0.29) is 18.5 Å². The zero-order valence-electron chi connectivity index (χ0n) is 16.2. The number of para-hydroxylation sites is 1. The molecule has 2 rings (SSSR count). The number of halogens is 3. The van der Waals surface area contributed by atoms with E-state index in [4.69, 9.17) is 14.2 Å². The fourth-order valence-electron chi connectivity index (χ4n) is 2.47. The van der Waals surface area contributed by atoms with Crippen LogP contribution in [0.15, 0.2) is 42.5 Å². The average Bonchev–Trinajstić information content (AvgIpc) is 2.70. The highest BCUT2D eigenvalue weighted by Crippen LogP contribution is 2.28. The number of carbonyl (C=O) groups excluding carboxylic acids is 2. The molecule has 162 valence electrons. The third kappa shape index (κ3) is 7.19. The van der Waals surface area contributed by atoms with Crippen LogP contribution in [-0.4, -0.2) is 39.1 Å². The molecule has 0 aliphatic carbocycles. The highest BCUT2D eigenvalue weighted by atomic mass is 19.4. The Morgan fingerprint density at radius 1 is 0.967 bits per heavy atom. The summed E-state index contributed by atoms with van der Waals surface area (Å²) < 4.78 is 56.3. The Kier molecular flexibility index (Phi) is 7.90. The maximum atomic E-state index is 12.4. The SMILES string of the molecule is COc1ccc(CC(=O)OCC(=O)NCc2ccccc2OC(F)(F)F)cc1OC. The Morgan fingerprint density at radius 3 is 2.33 bits per heavy atom. The van der Waals surface area contributed by atoms with Crippen LogP contribution < -0.4 is 19.5 Å². The van der Waals surface area contributed by atoms with Crippen molar-refractivity contribution in [3.05, 3.63) is 53.6 Å². The number of alkyl halides is 3. The molecule has 10 heteroatoms. The van der Waals surface area contributed by atoms with Crippen LogP contribution in [0.1, 0.15) is 11.1 Å². The van der Waals surface area contributed by atoms with Crippen molar-refractivity contribution in [1.29, 1.82) is 0 Å². The molecule has 0 radical (unpaired) electrons. The van der Waals surface area contributed by atoms with Gasteiger partial charge >= 0.3 is 12.3 Å². The van der Waals surface area contributed by atoms with E-state index >= 15 is 0 Å². The monoisotopic (exact) mass is 427 g/mol. The Labute approximate surface area is 170 Å². The van der Waals surface area contributed by atoms with Crippen LogP contribution >= 0.6 is 0 Å². The second-order valence-electron chi connectivity index (χ2n) is 5.96. The van der Waals surface area contributed by atoms with E-state index in [1.165, 1.54) is 32.4 Å². The molecule has 7 nitrogen and oxygen atoms in total. The first-order chi connectivity index (χ1) is 14.2. The molecular formula is C20H20F3NO6. The first-order valence-electron chi connectivity index (χ1n) is 8.68. The number of benzene rings is 2. The molecular weight excluding hydrogens is 407 g/mol. The van der Waals surface area contributed by atoms with Gasteiger partial charge in [0.1, 0.15) is 5.75 Å². The second kappa shape index (κ2) is 10.4. The highest BCUT2D eigenvalue weighted by molar-refractivity contribution is 5.81. The normalized spacial score (nSPS) is 10.8. The number of hydrogen-bond acceptors (Lipinski definition) is 6. The molecule has 2 aromatic carbocycles. The van der Waals surface area contributed by atoms with Gasteiger partial charge in [0.2, 0.25) is 0 Å². The lowest BCUT2D eigenvalue weighted by Gasteiger charge is -2.13. The summed E-state index contributed by atoms with van der Waals surface area (Å²) in [5.74, 6) is -0.796. The van der Waals surface area contributed by atoms with E-state index in [1.54, 1.807) is 18.2 Å². The van der Waals surface area contributed by atoms with Gasteiger partial charge in [-0.1, -0.05) is 24.3 Å². The van der Waals surface area contributed by atoms with Crippen LogP contribution in [0.3, 0.4) is 0 Å². The summed E-state index contributed by atoms with van der Waals surface area (Å²) in [6, 6.07) is 10.3. The number of nitrogens with one attached hydrogen (secondary N) is 1. The van der Waals surface area contributed by atoms with Gasteiger partial charge in [-0.25, -0.2) is 0 Å². The van der Waals surface area contributed by atoms with Crippen molar-refractivity contribution in [3.8, 4) is 17.2 Å². The van der Waals surface area contributed by atoms with Gasteiger partial charge in [-0.3, -0.25) is 9.59 Å². The van der Waals surface area contributed by atoms with Gasteiger partial charge in [-0.2, -0.15) is 0 Å². The maximum Gasteiger partial charge on any atom is 0.573 e. The molecule has 30 heavy (non-hydrogen) atoms. The van der Waals surface area contributed by atoms with Gasteiger partial charge in [-0.05, 0) is 23.8 Å². The van der Waals surface area contributed by atoms with Crippen molar-refractivity contribution >= 4 is 11.9 Å². The van der Waals surface area contributed by atoms with Crippen molar-refractivity contribution in [2.24, 2.45) is 0 Å². The van der Waals surface area contributed by atoms with E-state index in [0.717, 1.165) is 6.07 Å². The minimum Gasteiger partial charge on any atom is -0.493 e. The summed E-state index contributed by atoms with van der Waals surface area (Å²) in [6.45, 7) is -0.799. The van der Waals surface area contributed by atoms with Crippen molar-refractivity contribution in [2.75, 3.05) is 20.8 Å². The van der Waals surface area contributed by atoms with E-state index < -0.39 is 30.6 Å². The van der Waals surface area contributed by atoms with Gasteiger partial charge < -0.3 is 24.3 Å². The summed E-state index contributed by atoms with van der Waals surface area (Å²) in [7, 11) is 2.94. The fourth-order valence-corrected chi connectivity index (χ4v) is 2.47. The molecule has 2 aromatic rings. The molecule has 0 atom stereocenters. The molecule has 0 spiro atoms. The van der Waals surface area contributed by atoms with Crippen molar-refractivity contribution in [3.63, 3.8) is 0 Å². The van der Waals surface area contributed by atoms with E-state index in [1.807, 2.05) is 0 Å². The maximum absolute atomic E-state index is 12.4. The van der Waals surface area contributed by atoms with E-state index in [0.29, 0.717) is 17.1 Å². The minimum atomic E-state index is -4.85.